The number of methoxy groups -OCH3 is 1. The average molecular weight is 216 g/mol. The molecule has 0 bridgehead atoms. The summed E-state index contributed by atoms with van der Waals surface area (Å²) in [4.78, 5) is 11.0. The smallest absolute Gasteiger partial charge is 0.309 e. The van der Waals surface area contributed by atoms with Crippen molar-refractivity contribution in [1.29, 1.82) is 0 Å². The van der Waals surface area contributed by atoms with Crippen molar-refractivity contribution in [1.82, 2.24) is 0 Å². The second kappa shape index (κ2) is 4.94. The van der Waals surface area contributed by atoms with Crippen molar-refractivity contribution in [2.75, 3.05) is 7.11 Å². The number of rotatable bonds is 4. The maximum absolute atomic E-state index is 11.0. The van der Waals surface area contributed by atoms with Crippen molar-refractivity contribution in [2.45, 2.75) is 50.7 Å². The van der Waals surface area contributed by atoms with Gasteiger partial charge in [0.25, 0.3) is 0 Å². The van der Waals surface area contributed by atoms with Gasteiger partial charge in [0, 0.05) is 13.5 Å². The fraction of sp³-hybridized carbons (Fsp3) is 0.909. The van der Waals surface area contributed by atoms with Gasteiger partial charge in [0.2, 0.25) is 0 Å². The molecular formula is C11H20O4. The topological polar surface area (TPSA) is 66.8 Å². The van der Waals surface area contributed by atoms with Gasteiger partial charge < -0.3 is 14.9 Å². The van der Waals surface area contributed by atoms with Crippen LogP contribution in [0.25, 0.3) is 0 Å². The van der Waals surface area contributed by atoms with E-state index in [2.05, 4.69) is 0 Å². The van der Waals surface area contributed by atoms with E-state index in [4.69, 9.17) is 9.84 Å². The minimum Gasteiger partial charge on any atom is -0.481 e. The molecule has 1 fully saturated rings. The Morgan fingerprint density at radius 1 is 1.67 bits per heavy atom. The Morgan fingerprint density at radius 2 is 2.33 bits per heavy atom. The monoisotopic (exact) mass is 216 g/mol. The standard InChI is InChI=1S/C11H20O4/c1-3-9(10(12)13)11(14)6-4-5-8(7-11)15-2/h8-9,14H,3-7H2,1-2H3,(H,12,13). The predicted molar refractivity (Wildman–Crippen MR) is 55.6 cm³/mol. The van der Waals surface area contributed by atoms with Crippen molar-refractivity contribution >= 4 is 5.97 Å². The van der Waals surface area contributed by atoms with E-state index in [1.807, 2.05) is 0 Å². The van der Waals surface area contributed by atoms with Crippen LogP contribution in [0.15, 0.2) is 0 Å². The first-order valence-corrected chi connectivity index (χ1v) is 5.51. The van der Waals surface area contributed by atoms with Gasteiger partial charge in [-0.2, -0.15) is 0 Å². The van der Waals surface area contributed by atoms with Crippen LogP contribution >= 0.6 is 0 Å². The minimum atomic E-state index is -1.08. The molecule has 15 heavy (non-hydrogen) atoms. The number of hydrogen-bond donors (Lipinski definition) is 2. The van der Waals surface area contributed by atoms with Crippen molar-refractivity contribution in [3.8, 4) is 0 Å². The first-order chi connectivity index (χ1) is 7.03. The van der Waals surface area contributed by atoms with Crippen molar-refractivity contribution < 1.29 is 19.7 Å². The molecule has 1 saturated carbocycles. The fourth-order valence-corrected chi connectivity index (χ4v) is 2.54. The number of aliphatic hydroxyl groups is 1. The average Bonchev–Trinajstić information content (AvgIpc) is 2.17. The van der Waals surface area contributed by atoms with E-state index < -0.39 is 17.5 Å². The maximum atomic E-state index is 11.0. The Morgan fingerprint density at radius 3 is 2.80 bits per heavy atom. The van der Waals surface area contributed by atoms with Gasteiger partial charge in [0.15, 0.2) is 0 Å². The highest BCUT2D eigenvalue weighted by atomic mass is 16.5. The van der Waals surface area contributed by atoms with Gasteiger partial charge in [-0.1, -0.05) is 6.92 Å². The van der Waals surface area contributed by atoms with E-state index >= 15 is 0 Å². The Balaban J connectivity index is 2.74. The number of carboxylic acids is 1. The largest absolute Gasteiger partial charge is 0.481 e. The molecule has 1 aliphatic carbocycles. The van der Waals surface area contributed by atoms with E-state index in [0.29, 0.717) is 19.3 Å². The summed E-state index contributed by atoms with van der Waals surface area (Å²) in [5, 5.41) is 19.4. The van der Waals surface area contributed by atoms with E-state index in [0.717, 1.165) is 12.8 Å². The molecule has 0 aliphatic heterocycles. The summed E-state index contributed by atoms with van der Waals surface area (Å²) in [5.41, 5.74) is -1.08. The SMILES string of the molecule is CCC(C(=O)O)C1(O)CCCC(OC)C1. The highest BCUT2D eigenvalue weighted by Gasteiger charge is 2.43. The van der Waals surface area contributed by atoms with Crippen molar-refractivity contribution in [3.63, 3.8) is 0 Å². The molecule has 1 rings (SSSR count). The van der Waals surface area contributed by atoms with Crippen LogP contribution in [0.5, 0.6) is 0 Å². The van der Waals surface area contributed by atoms with E-state index in [1.165, 1.54) is 0 Å². The van der Waals surface area contributed by atoms with Crippen LogP contribution in [0, 0.1) is 5.92 Å². The van der Waals surface area contributed by atoms with Crippen LogP contribution in [0.3, 0.4) is 0 Å². The molecule has 0 radical (unpaired) electrons. The number of carbonyl (C=O) groups is 1. The van der Waals surface area contributed by atoms with E-state index in [-0.39, 0.29) is 6.10 Å². The van der Waals surface area contributed by atoms with Crippen LogP contribution in [-0.2, 0) is 9.53 Å². The zero-order valence-electron chi connectivity index (χ0n) is 9.40. The third-order valence-electron chi connectivity index (χ3n) is 3.41. The van der Waals surface area contributed by atoms with Gasteiger partial charge in [0.1, 0.15) is 0 Å². The molecule has 0 amide bonds. The first-order valence-electron chi connectivity index (χ1n) is 5.51. The number of carboxylic acid groups (broad SMARTS) is 1. The van der Waals surface area contributed by atoms with Crippen molar-refractivity contribution in [3.05, 3.63) is 0 Å². The highest BCUT2D eigenvalue weighted by Crippen LogP contribution is 2.37. The molecule has 0 aromatic carbocycles. The highest BCUT2D eigenvalue weighted by molar-refractivity contribution is 5.71. The first kappa shape index (κ1) is 12.5. The molecule has 88 valence electrons. The van der Waals surface area contributed by atoms with Gasteiger partial charge in [-0.25, -0.2) is 0 Å². The van der Waals surface area contributed by atoms with Crippen LogP contribution in [-0.4, -0.2) is 35.0 Å². The molecule has 0 saturated heterocycles. The fourth-order valence-electron chi connectivity index (χ4n) is 2.54. The summed E-state index contributed by atoms with van der Waals surface area (Å²) in [6.45, 7) is 1.80. The molecular weight excluding hydrogens is 196 g/mol. The third-order valence-corrected chi connectivity index (χ3v) is 3.41. The van der Waals surface area contributed by atoms with Gasteiger partial charge in [-0.15, -0.1) is 0 Å². The Kier molecular flexibility index (Phi) is 4.11. The Labute approximate surface area is 90.2 Å². The van der Waals surface area contributed by atoms with E-state index in [1.54, 1.807) is 14.0 Å². The summed E-state index contributed by atoms with van der Waals surface area (Å²) >= 11 is 0. The molecule has 0 aromatic heterocycles. The lowest BCUT2D eigenvalue weighted by atomic mass is 9.73. The predicted octanol–water partition coefficient (Wildman–Crippen LogP) is 1.42. The zero-order valence-corrected chi connectivity index (χ0v) is 9.40. The van der Waals surface area contributed by atoms with Crippen LogP contribution in [0.4, 0.5) is 0 Å². The van der Waals surface area contributed by atoms with Gasteiger partial charge in [0.05, 0.1) is 17.6 Å². The van der Waals surface area contributed by atoms with Crippen LogP contribution in [0.1, 0.15) is 39.0 Å². The lowest BCUT2D eigenvalue weighted by Crippen LogP contribution is -2.47. The summed E-state index contributed by atoms with van der Waals surface area (Å²) in [6, 6.07) is 0. The molecule has 4 heteroatoms. The summed E-state index contributed by atoms with van der Waals surface area (Å²) < 4.78 is 5.21. The molecule has 3 unspecified atom stereocenters. The molecule has 0 heterocycles. The normalized spacial score (nSPS) is 33.7. The number of aliphatic carboxylic acids is 1. The summed E-state index contributed by atoms with van der Waals surface area (Å²) in [7, 11) is 1.61. The minimum absolute atomic E-state index is 0.00264. The molecule has 3 atom stereocenters. The van der Waals surface area contributed by atoms with Gasteiger partial charge >= 0.3 is 5.97 Å². The van der Waals surface area contributed by atoms with Crippen molar-refractivity contribution in [2.24, 2.45) is 5.92 Å². The summed E-state index contributed by atoms with van der Waals surface area (Å²) in [5.74, 6) is -1.58. The molecule has 0 aromatic rings. The Bertz CT molecular complexity index is 229. The second-order valence-electron chi connectivity index (χ2n) is 4.36. The quantitative estimate of drug-likeness (QED) is 0.745. The molecule has 0 spiro atoms. The van der Waals surface area contributed by atoms with Gasteiger partial charge in [-0.05, 0) is 25.7 Å². The van der Waals surface area contributed by atoms with Crippen LogP contribution in [0.2, 0.25) is 0 Å². The molecule has 4 nitrogen and oxygen atoms in total. The number of ether oxygens (including phenoxy) is 1. The zero-order chi connectivity index (χ0) is 11.5. The molecule has 2 N–H and O–H groups in total. The lowest BCUT2D eigenvalue weighted by Gasteiger charge is -2.39. The maximum Gasteiger partial charge on any atom is 0.309 e. The Hall–Kier alpha value is -0.610. The number of hydrogen-bond acceptors (Lipinski definition) is 3. The van der Waals surface area contributed by atoms with E-state index in [9.17, 15) is 9.90 Å². The lowest BCUT2D eigenvalue weighted by molar-refractivity contribution is -0.159. The third kappa shape index (κ3) is 2.69. The molecule has 1 aliphatic rings. The van der Waals surface area contributed by atoms with Crippen LogP contribution < -0.4 is 0 Å². The van der Waals surface area contributed by atoms with Gasteiger partial charge in [-0.3, -0.25) is 4.79 Å². The summed E-state index contributed by atoms with van der Waals surface area (Å²) in [6.07, 6.45) is 3.21. The second-order valence-corrected chi connectivity index (χ2v) is 4.36.